The van der Waals surface area contributed by atoms with Gasteiger partial charge in [0.1, 0.15) is 0 Å². The molecule has 128 valence electrons. The number of nitrogens with one attached hydrogen (secondary N) is 2. The van der Waals surface area contributed by atoms with Crippen molar-refractivity contribution in [2.75, 3.05) is 5.73 Å². The SMILES string of the molecule is N=C(N)NN=Cc1cn(S(=O)(=O)c2ccc(N)cc2)c2ccccc12. The normalized spacial score (nSPS) is 11.8. The number of nitrogens with zero attached hydrogens (tertiary/aromatic N) is 2. The lowest BCUT2D eigenvalue weighted by atomic mass is 10.2. The molecular weight excluding hydrogens is 340 g/mol. The van der Waals surface area contributed by atoms with Crippen LogP contribution in [0.1, 0.15) is 5.56 Å². The second-order valence-electron chi connectivity index (χ2n) is 5.26. The molecule has 0 bridgehead atoms. The Bertz CT molecular complexity index is 1070. The van der Waals surface area contributed by atoms with Crippen LogP contribution in [0.2, 0.25) is 0 Å². The lowest BCUT2D eigenvalue weighted by Gasteiger charge is -2.07. The number of anilines is 1. The van der Waals surface area contributed by atoms with Gasteiger partial charge in [-0.3, -0.25) is 5.41 Å². The Morgan fingerprint density at radius 2 is 1.84 bits per heavy atom. The predicted molar refractivity (Wildman–Crippen MR) is 98.0 cm³/mol. The molecule has 9 heteroatoms. The van der Waals surface area contributed by atoms with Gasteiger partial charge >= 0.3 is 0 Å². The number of hydrogen-bond acceptors (Lipinski definition) is 5. The van der Waals surface area contributed by atoms with Gasteiger partial charge in [-0.25, -0.2) is 17.8 Å². The Morgan fingerprint density at radius 1 is 1.16 bits per heavy atom. The van der Waals surface area contributed by atoms with Crippen LogP contribution in [-0.2, 0) is 10.0 Å². The first-order valence-electron chi connectivity index (χ1n) is 7.24. The van der Waals surface area contributed by atoms with Gasteiger partial charge in [0, 0.05) is 22.8 Å². The van der Waals surface area contributed by atoms with Crippen LogP contribution >= 0.6 is 0 Å². The summed E-state index contributed by atoms with van der Waals surface area (Å²) < 4.78 is 27.1. The molecule has 0 amide bonds. The van der Waals surface area contributed by atoms with Crippen molar-refractivity contribution in [1.29, 1.82) is 5.41 Å². The molecule has 0 atom stereocenters. The molecule has 1 aromatic heterocycles. The fourth-order valence-corrected chi connectivity index (χ4v) is 3.78. The molecule has 0 spiro atoms. The van der Waals surface area contributed by atoms with Gasteiger partial charge < -0.3 is 11.5 Å². The van der Waals surface area contributed by atoms with Crippen LogP contribution < -0.4 is 16.9 Å². The summed E-state index contributed by atoms with van der Waals surface area (Å²) in [6, 6.07) is 13.1. The van der Waals surface area contributed by atoms with E-state index in [0.29, 0.717) is 22.2 Å². The highest BCUT2D eigenvalue weighted by Gasteiger charge is 2.20. The molecule has 0 aliphatic rings. The lowest BCUT2D eigenvalue weighted by molar-refractivity contribution is 0.589. The van der Waals surface area contributed by atoms with Gasteiger partial charge in [0.05, 0.1) is 16.6 Å². The number of benzene rings is 2. The summed E-state index contributed by atoms with van der Waals surface area (Å²) in [6.45, 7) is 0. The number of rotatable bonds is 4. The van der Waals surface area contributed by atoms with E-state index in [2.05, 4.69) is 10.5 Å². The van der Waals surface area contributed by atoms with Crippen molar-refractivity contribution < 1.29 is 8.42 Å². The smallest absolute Gasteiger partial charge is 0.268 e. The minimum atomic E-state index is -3.79. The van der Waals surface area contributed by atoms with Gasteiger partial charge in [-0.05, 0) is 30.3 Å². The molecule has 6 N–H and O–H groups in total. The number of guanidine groups is 1. The molecule has 0 fully saturated rings. The van der Waals surface area contributed by atoms with Crippen molar-refractivity contribution in [3.63, 3.8) is 0 Å². The number of hydrazone groups is 1. The molecule has 0 saturated carbocycles. The van der Waals surface area contributed by atoms with E-state index in [0.717, 1.165) is 0 Å². The molecule has 3 aromatic rings. The van der Waals surface area contributed by atoms with Crippen LogP contribution in [0.5, 0.6) is 0 Å². The molecule has 8 nitrogen and oxygen atoms in total. The van der Waals surface area contributed by atoms with Gasteiger partial charge in [-0.15, -0.1) is 0 Å². The van der Waals surface area contributed by atoms with Crippen molar-refractivity contribution in [1.82, 2.24) is 9.40 Å². The zero-order valence-electron chi connectivity index (χ0n) is 13.0. The van der Waals surface area contributed by atoms with Crippen molar-refractivity contribution in [2.45, 2.75) is 4.90 Å². The minimum absolute atomic E-state index is 0.132. The maximum Gasteiger partial charge on any atom is 0.268 e. The van der Waals surface area contributed by atoms with Gasteiger partial charge in [0.25, 0.3) is 10.0 Å². The first-order valence-corrected chi connectivity index (χ1v) is 8.68. The van der Waals surface area contributed by atoms with Gasteiger partial charge in [0.2, 0.25) is 5.96 Å². The van der Waals surface area contributed by atoms with Crippen LogP contribution in [0.4, 0.5) is 5.69 Å². The van der Waals surface area contributed by atoms with E-state index in [1.165, 1.54) is 40.6 Å². The van der Waals surface area contributed by atoms with Gasteiger partial charge in [-0.1, -0.05) is 18.2 Å². The first-order chi connectivity index (χ1) is 11.9. The monoisotopic (exact) mass is 356 g/mol. The average Bonchev–Trinajstić information content (AvgIpc) is 2.95. The van der Waals surface area contributed by atoms with Crippen molar-refractivity contribution in [3.8, 4) is 0 Å². The lowest BCUT2D eigenvalue weighted by Crippen LogP contribution is -2.25. The molecule has 0 radical (unpaired) electrons. The number of hydrogen-bond donors (Lipinski definition) is 4. The third-order valence-corrected chi connectivity index (χ3v) is 5.22. The van der Waals surface area contributed by atoms with Crippen LogP contribution in [-0.4, -0.2) is 24.6 Å². The highest BCUT2D eigenvalue weighted by molar-refractivity contribution is 7.90. The second kappa shape index (κ2) is 6.29. The predicted octanol–water partition coefficient (Wildman–Crippen LogP) is 1.28. The van der Waals surface area contributed by atoms with Crippen molar-refractivity contribution in [2.24, 2.45) is 10.8 Å². The molecule has 2 aromatic carbocycles. The molecule has 0 aliphatic carbocycles. The van der Waals surface area contributed by atoms with E-state index < -0.39 is 10.0 Å². The average molecular weight is 356 g/mol. The van der Waals surface area contributed by atoms with Gasteiger partial charge in [0.15, 0.2) is 0 Å². The summed E-state index contributed by atoms with van der Waals surface area (Å²) in [6.07, 6.45) is 2.89. The third kappa shape index (κ3) is 3.17. The minimum Gasteiger partial charge on any atom is -0.399 e. The highest BCUT2D eigenvalue weighted by Crippen LogP contribution is 2.25. The van der Waals surface area contributed by atoms with Crippen LogP contribution in [0.25, 0.3) is 10.9 Å². The molecular formula is C16H16N6O2S. The Morgan fingerprint density at radius 3 is 2.52 bits per heavy atom. The fourth-order valence-electron chi connectivity index (χ4n) is 2.40. The number of para-hydroxylation sites is 1. The highest BCUT2D eigenvalue weighted by atomic mass is 32.2. The van der Waals surface area contributed by atoms with E-state index in [1.54, 1.807) is 24.3 Å². The number of nitrogens with two attached hydrogens (primary N) is 2. The zero-order chi connectivity index (χ0) is 18.0. The molecule has 25 heavy (non-hydrogen) atoms. The Balaban J connectivity index is 2.15. The quantitative estimate of drug-likeness (QED) is 0.241. The summed E-state index contributed by atoms with van der Waals surface area (Å²) in [5, 5.41) is 11.6. The van der Waals surface area contributed by atoms with Gasteiger partial charge in [-0.2, -0.15) is 5.10 Å². The fraction of sp³-hybridized carbons (Fsp3) is 0. The molecule has 0 unspecified atom stereocenters. The molecule has 0 saturated heterocycles. The maximum absolute atomic E-state index is 13.0. The standard InChI is InChI=1S/C16H16N6O2S/c17-12-5-7-13(8-6-12)25(23,24)22-10-11(9-20-21-16(18)19)14-3-1-2-4-15(14)22/h1-10H,17H2,(H4,18,19,21). The topological polar surface area (TPSA) is 139 Å². The summed E-state index contributed by atoms with van der Waals surface area (Å²) >= 11 is 0. The number of fused-ring (bicyclic) bond motifs is 1. The van der Waals surface area contributed by atoms with E-state index >= 15 is 0 Å². The van der Waals surface area contributed by atoms with Crippen LogP contribution in [0.15, 0.2) is 64.7 Å². The maximum atomic E-state index is 13.0. The van der Waals surface area contributed by atoms with E-state index in [-0.39, 0.29) is 10.9 Å². The van der Waals surface area contributed by atoms with Crippen LogP contribution in [0.3, 0.4) is 0 Å². The summed E-state index contributed by atoms with van der Waals surface area (Å²) in [5.74, 6) is -0.311. The second-order valence-corrected chi connectivity index (χ2v) is 7.07. The summed E-state index contributed by atoms with van der Waals surface area (Å²) in [4.78, 5) is 0.132. The van der Waals surface area contributed by atoms with Crippen molar-refractivity contribution in [3.05, 3.63) is 60.3 Å². The molecule has 0 aliphatic heterocycles. The third-order valence-electron chi connectivity index (χ3n) is 3.53. The zero-order valence-corrected chi connectivity index (χ0v) is 13.9. The number of nitrogen functional groups attached to an aromatic ring is 1. The Labute approximate surface area is 144 Å². The first kappa shape index (κ1) is 16.5. The van der Waals surface area contributed by atoms with E-state index in [1.807, 2.05) is 0 Å². The van der Waals surface area contributed by atoms with E-state index in [9.17, 15) is 8.42 Å². The Hall–Kier alpha value is -3.33. The summed E-state index contributed by atoms with van der Waals surface area (Å²) in [5.41, 5.74) is 14.7. The van der Waals surface area contributed by atoms with E-state index in [4.69, 9.17) is 16.9 Å². The summed E-state index contributed by atoms with van der Waals surface area (Å²) in [7, 11) is -3.79. The van der Waals surface area contributed by atoms with Crippen LogP contribution in [0, 0.1) is 5.41 Å². The van der Waals surface area contributed by atoms with Crippen molar-refractivity contribution >= 4 is 38.8 Å². The molecule has 1 heterocycles. The number of aromatic nitrogens is 1. The largest absolute Gasteiger partial charge is 0.399 e. The molecule has 3 rings (SSSR count). The Kier molecular flexibility index (Phi) is 4.15.